The topological polar surface area (TPSA) is 134 Å². The number of oxime groups is 1. The lowest BCUT2D eigenvalue weighted by Crippen LogP contribution is -2.36. The number of aromatic amines is 1. The average molecular weight is 305 g/mol. The van der Waals surface area contributed by atoms with Crippen molar-refractivity contribution in [3.8, 4) is 0 Å². The Bertz CT molecular complexity index is 554. The Morgan fingerprint density at radius 2 is 2.30 bits per heavy atom. The number of aromatic nitrogens is 2. The third-order valence-corrected chi connectivity index (χ3v) is 4.70. The van der Waals surface area contributed by atoms with E-state index >= 15 is 0 Å². The van der Waals surface area contributed by atoms with Crippen LogP contribution in [0.3, 0.4) is 0 Å². The molecule has 0 amide bonds. The van der Waals surface area contributed by atoms with Crippen molar-refractivity contribution in [3.63, 3.8) is 0 Å². The van der Waals surface area contributed by atoms with E-state index in [1.54, 1.807) is 6.92 Å². The summed E-state index contributed by atoms with van der Waals surface area (Å²) in [6, 6.07) is 0. The number of aryl methyl sites for hydroxylation is 1. The molecule has 0 saturated heterocycles. The second kappa shape index (κ2) is 7.22. The van der Waals surface area contributed by atoms with Crippen molar-refractivity contribution in [3.05, 3.63) is 11.9 Å². The highest BCUT2D eigenvalue weighted by atomic mass is 32.2. The van der Waals surface area contributed by atoms with Crippen LogP contribution >= 0.6 is 0 Å². The molecule has 20 heavy (non-hydrogen) atoms. The molecule has 1 rings (SSSR count). The molecule has 1 heterocycles. The van der Waals surface area contributed by atoms with E-state index in [0.29, 0.717) is 5.69 Å². The third-order valence-electron chi connectivity index (χ3n) is 2.69. The van der Waals surface area contributed by atoms with Crippen LogP contribution < -0.4 is 5.73 Å². The molecule has 0 bridgehead atoms. The zero-order valence-corrected chi connectivity index (χ0v) is 12.2. The molecule has 1 aromatic heterocycles. The molecule has 4 N–H and O–H groups in total. The number of H-pyrrole nitrogens is 1. The zero-order chi connectivity index (χ0) is 15.2. The van der Waals surface area contributed by atoms with Gasteiger partial charge in [-0.05, 0) is 6.92 Å². The van der Waals surface area contributed by atoms with Gasteiger partial charge in [-0.15, -0.1) is 0 Å². The van der Waals surface area contributed by atoms with Crippen molar-refractivity contribution >= 4 is 15.9 Å². The van der Waals surface area contributed by atoms with Gasteiger partial charge in [0.1, 0.15) is 10.7 Å². The highest BCUT2D eigenvalue weighted by Gasteiger charge is 2.27. The van der Waals surface area contributed by atoms with E-state index in [1.807, 2.05) is 0 Å². The Labute approximate surface area is 117 Å². The summed E-state index contributed by atoms with van der Waals surface area (Å²) in [6.07, 6.45) is 1.38. The fraction of sp³-hybridized carbons (Fsp3) is 0.600. The van der Waals surface area contributed by atoms with Gasteiger partial charge in [0.25, 0.3) is 0 Å². The lowest BCUT2D eigenvalue weighted by molar-refractivity contribution is 0.179. The van der Waals surface area contributed by atoms with E-state index in [4.69, 9.17) is 15.7 Å². The summed E-state index contributed by atoms with van der Waals surface area (Å²) in [5.74, 6) is -0.0356. The Balaban J connectivity index is 2.94. The molecular formula is C10H19N5O4S. The van der Waals surface area contributed by atoms with Gasteiger partial charge in [-0.25, -0.2) is 8.42 Å². The molecule has 1 aromatic rings. The summed E-state index contributed by atoms with van der Waals surface area (Å²) in [5.41, 5.74) is 5.83. The second-order valence-electron chi connectivity index (χ2n) is 4.10. The van der Waals surface area contributed by atoms with Crippen molar-refractivity contribution in [2.24, 2.45) is 10.9 Å². The number of rotatable bonds is 8. The van der Waals surface area contributed by atoms with E-state index in [0.717, 1.165) is 0 Å². The number of nitrogens with two attached hydrogens (primary N) is 1. The minimum Gasteiger partial charge on any atom is -0.409 e. The Morgan fingerprint density at radius 3 is 2.80 bits per heavy atom. The molecule has 0 aliphatic carbocycles. The van der Waals surface area contributed by atoms with Crippen LogP contribution in [0.4, 0.5) is 0 Å². The van der Waals surface area contributed by atoms with Crippen molar-refractivity contribution in [1.82, 2.24) is 14.5 Å². The van der Waals surface area contributed by atoms with Crippen LogP contribution in [0.5, 0.6) is 0 Å². The van der Waals surface area contributed by atoms with Crippen LogP contribution in [0.25, 0.3) is 0 Å². The number of sulfonamides is 1. The summed E-state index contributed by atoms with van der Waals surface area (Å²) < 4.78 is 31.1. The van der Waals surface area contributed by atoms with Gasteiger partial charge in [0.15, 0.2) is 0 Å². The fourth-order valence-corrected chi connectivity index (χ4v) is 3.12. The zero-order valence-electron chi connectivity index (χ0n) is 11.4. The Hall–Kier alpha value is -1.65. The van der Waals surface area contributed by atoms with Crippen molar-refractivity contribution in [2.45, 2.75) is 18.2 Å². The predicted molar refractivity (Wildman–Crippen MR) is 72.0 cm³/mol. The first kappa shape index (κ1) is 16.4. The lowest BCUT2D eigenvalue weighted by atomic mass is 10.4. The largest absolute Gasteiger partial charge is 0.409 e. The molecular weight excluding hydrogens is 286 g/mol. The molecule has 0 saturated carbocycles. The van der Waals surface area contributed by atoms with Crippen molar-refractivity contribution in [2.75, 3.05) is 26.8 Å². The SMILES string of the molecule is COCCN(CCC(N)=NO)S(=O)(=O)c1cn[nH]c1C. The van der Waals surface area contributed by atoms with Crippen LogP contribution in [-0.4, -0.2) is 60.8 Å². The summed E-state index contributed by atoms with van der Waals surface area (Å²) >= 11 is 0. The van der Waals surface area contributed by atoms with Gasteiger partial charge in [-0.2, -0.15) is 9.40 Å². The highest BCUT2D eigenvalue weighted by Crippen LogP contribution is 2.17. The molecule has 0 radical (unpaired) electrons. The number of nitrogens with zero attached hydrogens (tertiary/aromatic N) is 3. The van der Waals surface area contributed by atoms with E-state index in [1.165, 1.54) is 17.6 Å². The van der Waals surface area contributed by atoms with Crippen LogP contribution in [0, 0.1) is 6.92 Å². The van der Waals surface area contributed by atoms with Crippen LogP contribution in [0.2, 0.25) is 0 Å². The first-order valence-corrected chi connectivity index (χ1v) is 7.33. The maximum atomic E-state index is 12.5. The van der Waals surface area contributed by atoms with E-state index < -0.39 is 10.0 Å². The van der Waals surface area contributed by atoms with Crippen LogP contribution in [-0.2, 0) is 14.8 Å². The van der Waals surface area contributed by atoms with Gasteiger partial charge >= 0.3 is 0 Å². The predicted octanol–water partition coefficient (Wildman–Crippen LogP) is -0.508. The van der Waals surface area contributed by atoms with Gasteiger partial charge in [-0.1, -0.05) is 5.16 Å². The third kappa shape index (κ3) is 3.92. The van der Waals surface area contributed by atoms with Gasteiger partial charge < -0.3 is 15.7 Å². The molecule has 0 aliphatic heterocycles. The van der Waals surface area contributed by atoms with Gasteiger partial charge in [0, 0.05) is 26.6 Å². The number of hydrogen-bond acceptors (Lipinski definition) is 6. The minimum absolute atomic E-state index is 0.0356. The average Bonchev–Trinajstić information content (AvgIpc) is 2.85. The maximum absolute atomic E-state index is 12.5. The quantitative estimate of drug-likeness (QED) is 0.256. The smallest absolute Gasteiger partial charge is 0.246 e. The number of methoxy groups -OCH3 is 1. The Kier molecular flexibility index (Phi) is 5.92. The van der Waals surface area contributed by atoms with Gasteiger partial charge in [0.2, 0.25) is 10.0 Å². The van der Waals surface area contributed by atoms with Gasteiger partial charge in [-0.3, -0.25) is 5.10 Å². The van der Waals surface area contributed by atoms with Crippen LogP contribution in [0.15, 0.2) is 16.2 Å². The van der Waals surface area contributed by atoms with E-state index in [2.05, 4.69) is 15.4 Å². The van der Waals surface area contributed by atoms with Crippen molar-refractivity contribution < 1.29 is 18.4 Å². The molecule has 10 heteroatoms. The molecule has 0 spiro atoms. The summed E-state index contributed by atoms with van der Waals surface area (Å²) in [5, 5.41) is 17.6. The first-order chi connectivity index (χ1) is 9.43. The molecule has 0 atom stereocenters. The maximum Gasteiger partial charge on any atom is 0.246 e. The number of amidine groups is 1. The summed E-state index contributed by atoms with van der Waals surface area (Å²) in [6.45, 7) is 2.12. The second-order valence-corrected chi connectivity index (χ2v) is 6.00. The van der Waals surface area contributed by atoms with Crippen LogP contribution in [0.1, 0.15) is 12.1 Å². The molecule has 9 nitrogen and oxygen atoms in total. The van der Waals surface area contributed by atoms with E-state index in [9.17, 15) is 8.42 Å². The molecule has 0 fully saturated rings. The molecule has 0 aromatic carbocycles. The number of hydrogen-bond donors (Lipinski definition) is 3. The first-order valence-electron chi connectivity index (χ1n) is 5.89. The molecule has 0 unspecified atom stereocenters. The minimum atomic E-state index is -3.70. The monoisotopic (exact) mass is 305 g/mol. The fourth-order valence-electron chi connectivity index (χ4n) is 1.57. The normalized spacial score (nSPS) is 13.1. The summed E-state index contributed by atoms with van der Waals surface area (Å²) in [4.78, 5) is 0.105. The molecule has 114 valence electrons. The van der Waals surface area contributed by atoms with Gasteiger partial charge in [0.05, 0.1) is 18.5 Å². The molecule has 0 aliphatic rings. The summed E-state index contributed by atoms with van der Waals surface area (Å²) in [7, 11) is -2.21. The number of nitrogens with one attached hydrogen (secondary N) is 1. The Morgan fingerprint density at radius 1 is 1.60 bits per heavy atom. The standard InChI is InChI=1S/C10H19N5O4S/c1-8-9(7-12-13-8)20(17,18)15(5-6-19-2)4-3-10(11)14-16/h7,16H,3-6H2,1-2H3,(H2,11,14)(H,12,13). The lowest BCUT2D eigenvalue weighted by Gasteiger charge is -2.21. The van der Waals surface area contributed by atoms with E-state index in [-0.39, 0.29) is 36.8 Å². The van der Waals surface area contributed by atoms with Crippen molar-refractivity contribution in [1.29, 1.82) is 0 Å². The highest BCUT2D eigenvalue weighted by molar-refractivity contribution is 7.89. The number of ether oxygens (including phenoxy) is 1.